The Morgan fingerprint density at radius 1 is 1.53 bits per heavy atom. The third-order valence-electron chi connectivity index (χ3n) is 3.09. The Morgan fingerprint density at radius 2 is 2.41 bits per heavy atom. The van der Waals surface area contributed by atoms with E-state index in [-0.39, 0.29) is 0 Å². The van der Waals surface area contributed by atoms with Crippen molar-refractivity contribution in [2.24, 2.45) is 7.05 Å². The Bertz CT molecular complexity index is 556. The van der Waals surface area contributed by atoms with E-state index in [1.165, 1.54) is 0 Å². The third kappa shape index (κ3) is 1.61. The van der Waals surface area contributed by atoms with Gasteiger partial charge >= 0.3 is 0 Å². The van der Waals surface area contributed by atoms with E-state index in [1.54, 1.807) is 15.8 Å². The van der Waals surface area contributed by atoms with E-state index in [1.807, 2.05) is 13.2 Å². The summed E-state index contributed by atoms with van der Waals surface area (Å²) in [6, 6.07) is 0. The molecule has 0 spiro atoms. The lowest BCUT2D eigenvalue weighted by Crippen LogP contribution is -2.28. The second kappa shape index (κ2) is 3.73. The minimum absolute atomic E-state index is 0.625. The maximum atomic E-state index is 10.8. The number of hydrogen-bond donors (Lipinski definition) is 1. The van der Waals surface area contributed by atoms with Gasteiger partial charge in [0.15, 0.2) is 0 Å². The second-order valence-corrected chi connectivity index (χ2v) is 4.26. The Hall–Kier alpha value is -2.11. The number of amides is 1. The standard InChI is InChI=1S/C11H13N5O/c1-15-5-8(4-12-15)11-9-6-16(7-17)3-2-10(9)13-14-11/h4-5,7H,2-3,6H2,1H3,(H,13,14). The summed E-state index contributed by atoms with van der Waals surface area (Å²) in [5.74, 6) is 0. The molecule has 0 aromatic carbocycles. The van der Waals surface area contributed by atoms with Crippen molar-refractivity contribution in [3.05, 3.63) is 23.7 Å². The van der Waals surface area contributed by atoms with Crippen LogP contribution >= 0.6 is 0 Å². The monoisotopic (exact) mass is 231 g/mol. The summed E-state index contributed by atoms with van der Waals surface area (Å²) < 4.78 is 1.75. The van der Waals surface area contributed by atoms with Gasteiger partial charge in [-0.3, -0.25) is 14.6 Å². The molecule has 0 atom stereocenters. The lowest BCUT2D eigenvalue weighted by molar-refractivity contribution is -0.118. The zero-order valence-electron chi connectivity index (χ0n) is 9.55. The Kier molecular flexibility index (Phi) is 2.21. The van der Waals surface area contributed by atoms with Crippen LogP contribution in [0.3, 0.4) is 0 Å². The number of H-pyrrole nitrogens is 1. The number of aryl methyl sites for hydroxylation is 1. The van der Waals surface area contributed by atoms with Crippen molar-refractivity contribution >= 4 is 6.41 Å². The van der Waals surface area contributed by atoms with Crippen molar-refractivity contribution in [3.63, 3.8) is 0 Å². The van der Waals surface area contributed by atoms with Crippen molar-refractivity contribution in [1.82, 2.24) is 24.9 Å². The highest BCUT2D eigenvalue weighted by Crippen LogP contribution is 2.27. The van der Waals surface area contributed by atoms with Crippen LogP contribution in [0.4, 0.5) is 0 Å². The van der Waals surface area contributed by atoms with Crippen LogP contribution in [0.15, 0.2) is 12.4 Å². The first-order valence-electron chi connectivity index (χ1n) is 5.52. The number of rotatable bonds is 2. The maximum absolute atomic E-state index is 10.8. The highest BCUT2D eigenvalue weighted by atomic mass is 16.1. The van der Waals surface area contributed by atoms with Crippen molar-refractivity contribution in [1.29, 1.82) is 0 Å². The van der Waals surface area contributed by atoms with Gasteiger partial charge in [0, 0.05) is 49.6 Å². The quantitative estimate of drug-likeness (QED) is 0.757. The molecule has 3 rings (SSSR count). The van der Waals surface area contributed by atoms with Crippen LogP contribution in [0.1, 0.15) is 11.3 Å². The van der Waals surface area contributed by atoms with Crippen LogP contribution in [0.25, 0.3) is 11.3 Å². The molecule has 3 heterocycles. The summed E-state index contributed by atoms with van der Waals surface area (Å²) in [6.07, 6.45) is 5.44. The minimum Gasteiger partial charge on any atom is -0.340 e. The van der Waals surface area contributed by atoms with Gasteiger partial charge in [-0.1, -0.05) is 0 Å². The molecule has 6 nitrogen and oxygen atoms in total. The predicted molar refractivity (Wildman–Crippen MR) is 61.0 cm³/mol. The molecular weight excluding hydrogens is 218 g/mol. The van der Waals surface area contributed by atoms with Crippen LogP contribution in [0, 0.1) is 0 Å². The highest BCUT2D eigenvalue weighted by Gasteiger charge is 2.22. The van der Waals surface area contributed by atoms with E-state index < -0.39 is 0 Å². The van der Waals surface area contributed by atoms with Gasteiger partial charge in [0.2, 0.25) is 6.41 Å². The van der Waals surface area contributed by atoms with E-state index in [2.05, 4.69) is 15.3 Å². The van der Waals surface area contributed by atoms with Gasteiger partial charge in [-0.05, 0) is 0 Å². The molecule has 0 aliphatic carbocycles. The fourth-order valence-electron chi connectivity index (χ4n) is 2.19. The number of aromatic amines is 1. The van der Waals surface area contributed by atoms with E-state index >= 15 is 0 Å². The van der Waals surface area contributed by atoms with Crippen LogP contribution < -0.4 is 0 Å². The number of carbonyl (C=O) groups is 1. The zero-order chi connectivity index (χ0) is 11.8. The molecule has 1 N–H and O–H groups in total. The van der Waals surface area contributed by atoms with Gasteiger partial charge in [0.05, 0.1) is 6.20 Å². The molecule has 1 aliphatic rings. The summed E-state index contributed by atoms with van der Waals surface area (Å²) in [6.45, 7) is 1.38. The SMILES string of the molecule is Cn1cc(-c2n[nH]c3c2CN(C=O)CC3)cn1. The Morgan fingerprint density at radius 3 is 3.12 bits per heavy atom. The molecule has 0 bridgehead atoms. The van der Waals surface area contributed by atoms with Crippen molar-refractivity contribution in [2.75, 3.05) is 6.54 Å². The summed E-state index contributed by atoms with van der Waals surface area (Å²) >= 11 is 0. The van der Waals surface area contributed by atoms with Gasteiger partial charge in [-0.2, -0.15) is 10.2 Å². The van der Waals surface area contributed by atoms with E-state index in [4.69, 9.17) is 0 Å². The lowest BCUT2D eigenvalue weighted by Gasteiger charge is -2.22. The molecule has 6 heteroatoms. The molecule has 2 aromatic heterocycles. The molecular formula is C11H13N5O. The average molecular weight is 231 g/mol. The van der Waals surface area contributed by atoms with E-state index in [9.17, 15) is 4.79 Å². The summed E-state index contributed by atoms with van der Waals surface area (Å²) in [4.78, 5) is 12.6. The molecule has 0 fully saturated rings. The third-order valence-corrected chi connectivity index (χ3v) is 3.09. The number of hydrogen-bond acceptors (Lipinski definition) is 3. The van der Waals surface area contributed by atoms with Crippen LogP contribution in [0.5, 0.6) is 0 Å². The van der Waals surface area contributed by atoms with Crippen LogP contribution in [-0.2, 0) is 24.8 Å². The average Bonchev–Trinajstić information content (AvgIpc) is 2.93. The number of nitrogens with zero attached hydrogens (tertiary/aromatic N) is 4. The van der Waals surface area contributed by atoms with Crippen LogP contribution in [-0.4, -0.2) is 37.8 Å². The summed E-state index contributed by atoms with van der Waals surface area (Å²) in [7, 11) is 1.88. The van der Waals surface area contributed by atoms with Gasteiger partial charge < -0.3 is 4.90 Å². The van der Waals surface area contributed by atoms with Crippen molar-refractivity contribution in [3.8, 4) is 11.3 Å². The summed E-state index contributed by atoms with van der Waals surface area (Å²) in [5, 5.41) is 11.5. The predicted octanol–water partition coefficient (Wildman–Crippen LogP) is 0.325. The number of fused-ring (bicyclic) bond motifs is 1. The minimum atomic E-state index is 0.625. The fourth-order valence-corrected chi connectivity index (χ4v) is 2.19. The van der Waals surface area contributed by atoms with Crippen LogP contribution in [0.2, 0.25) is 0 Å². The second-order valence-electron chi connectivity index (χ2n) is 4.26. The highest BCUT2D eigenvalue weighted by molar-refractivity contribution is 5.63. The number of nitrogens with one attached hydrogen (secondary N) is 1. The number of aromatic nitrogens is 4. The molecule has 88 valence electrons. The van der Waals surface area contributed by atoms with Gasteiger partial charge in [0.25, 0.3) is 0 Å². The Balaban J connectivity index is 2.02. The Labute approximate surface area is 98.2 Å². The topological polar surface area (TPSA) is 66.8 Å². The largest absolute Gasteiger partial charge is 0.340 e. The smallest absolute Gasteiger partial charge is 0.210 e. The van der Waals surface area contributed by atoms with Crippen molar-refractivity contribution in [2.45, 2.75) is 13.0 Å². The molecule has 0 saturated carbocycles. The fraction of sp³-hybridized carbons (Fsp3) is 0.364. The van der Waals surface area contributed by atoms with Gasteiger partial charge in [0.1, 0.15) is 5.69 Å². The maximum Gasteiger partial charge on any atom is 0.210 e. The first kappa shape index (κ1) is 10.1. The van der Waals surface area contributed by atoms with Crippen molar-refractivity contribution < 1.29 is 4.79 Å². The lowest BCUT2D eigenvalue weighted by atomic mass is 10.0. The van der Waals surface area contributed by atoms with Gasteiger partial charge in [-0.25, -0.2) is 0 Å². The van der Waals surface area contributed by atoms with E-state index in [0.29, 0.717) is 6.54 Å². The van der Waals surface area contributed by atoms with E-state index in [0.717, 1.165) is 41.9 Å². The molecule has 17 heavy (non-hydrogen) atoms. The normalized spacial score (nSPS) is 14.8. The molecule has 2 aromatic rings. The summed E-state index contributed by atoms with van der Waals surface area (Å²) in [5.41, 5.74) is 4.12. The first-order valence-corrected chi connectivity index (χ1v) is 5.52. The molecule has 0 radical (unpaired) electrons. The van der Waals surface area contributed by atoms with Gasteiger partial charge in [-0.15, -0.1) is 0 Å². The first-order chi connectivity index (χ1) is 8.28. The molecule has 0 unspecified atom stereocenters. The zero-order valence-corrected chi connectivity index (χ0v) is 9.55. The molecule has 0 saturated heterocycles. The number of carbonyl (C=O) groups excluding carboxylic acids is 1. The molecule has 1 amide bonds. The molecule has 1 aliphatic heterocycles.